The molecule has 100 valence electrons. The van der Waals surface area contributed by atoms with Crippen LogP contribution in [0.15, 0.2) is 53.8 Å². The van der Waals surface area contributed by atoms with Crippen molar-refractivity contribution in [1.29, 1.82) is 0 Å². The SMILES string of the molecule is CCOc1ccc(-c2nc3ccccn3c2N=O)cc1. The van der Waals surface area contributed by atoms with Crippen molar-refractivity contribution in [2.75, 3.05) is 6.61 Å². The summed E-state index contributed by atoms with van der Waals surface area (Å²) in [6, 6.07) is 13.0. The van der Waals surface area contributed by atoms with Crippen LogP contribution in [0.3, 0.4) is 0 Å². The summed E-state index contributed by atoms with van der Waals surface area (Å²) in [5.74, 6) is 1.10. The lowest BCUT2D eigenvalue weighted by atomic mass is 10.1. The molecule has 1 aromatic carbocycles. The van der Waals surface area contributed by atoms with Gasteiger partial charge in [0.2, 0.25) is 5.82 Å². The van der Waals surface area contributed by atoms with Crippen molar-refractivity contribution in [3.63, 3.8) is 0 Å². The summed E-state index contributed by atoms with van der Waals surface area (Å²) in [5, 5.41) is 3.11. The Kier molecular flexibility index (Phi) is 3.16. The second-order valence-corrected chi connectivity index (χ2v) is 4.26. The molecule has 5 nitrogen and oxygen atoms in total. The van der Waals surface area contributed by atoms with E-state index in [0.29, 0.717) is 23.8 Å². The third-order valence-electron chi connectivity index (χ3n) is 3.03. The van der Waals surface area contributed by atoms with Crippen LogP contribution < -0.4 is 4.74 Å². The standard InChI is InChI=1S/C15H13N3O2/c1-2-20-12-8-6-11(7-9-12)14-15(17-19)18-10-4-3-5-13(18)16-14/h3-10H,2H2,1H3. The van der Waals surface area contributed by atoms with E-state index in [-0.39, 0.29) is 0 Å². The van der Waals surface area contributed by atoms with Crippen LogP contribution in [0.5, 0.6) is 5.75 Å². The van der Waals surface area contributed by atoms with Crippen LogP contribution in [0.25, 0.3) is 16.9 Å². The number of pyridine rings is 1. The molecule has 0 atom stereocenters. The second-order valence-electron chi connectivity index (χ2n) is 4.26. The Morgan fingerprint density at radius 3 is 2.70 bits per heavy atom. The highest BCUT2D eigenvalue weighted by atomic mass is 16.5. The van der Waals surface area contributed by atoms with Crippen molar-refractivity contribution in [3.05, 3.63) is 53.6 Å². The Morgan fingerprint density at radius 2 is 2.00 bits per heavy atom. The van der Waals surface area contributed by atoms with Crippen molar-refractivity contribution in [2.45, 2.75) is 6.92 Å². The predicted octanol–water partition coefficient (Wildman–Crippen LogP) is 3.80. The zero-order valence-electron chi connectivity index (χ0n) is 11.0. The van der Waals surface area contributed by atoms with Gasteiger partial charge in [0.1, 0.15) is 17.1 Å². The highest BCUT2D eigenvalue weighted by Crippen LogP contribution is 2.31. The van der Waals surface area contributed by atoms with Crippen molar-refractivity contribution < 1.29 is 4.74 Å². The van der Waals surface area contributed by atoms with Gasteiger partial charge in [-0.1, -0.05) is 6.07 Å². The summed E-state index contributed by atoms with van der Waals surface area (Å²) in [4.78, 5) is 15.6. The molecule has 0 fully saturated rings. The van der Waals surface area contributed by atoms with Gasteiger partial charge in [-0.2, -0.15) is 0 Å². The molecule has 0 aliphatic carbocycles. The van der Waals surface area contributed by atoms with Crippen molar-refractivity contribution in [3.8, 4) is 17.0 Å². The first-order valence-corrected chi connectivity index (χ1v) is 6.37. The van der Waals surface area contributed by atoms with Crippen molar-refractivity contribution >= 4 is 11.5 Å². The third-order valence-corrected chi connectivity index (χ3v) is 3.03. The topological polar surface area (TPSA) is 56.0 Å². The van der Waals surface area contributed by atoms with E-state index in [9.17, 15) is 4.91 Å². The third kappa shape index (κ3) is 2.03. The Hall–Kier alpha value is -2.69. The van der Waals surface area contributed by atoms with Gasteiger partial charge in [0, 0.05) is 11.8 Å². The Balaban J connectivity index is 2.11. The molecule has 0 bridgehead atoms. The molecule has 2 aromatic heterocycles. The van der Waals surface area contributed by atoms with Crippen molar-refractivity contribution in [1.82, 2.24) is 9.38 Å². The van der Waals surface area contributed by atoms with Gasteiger partial charge in [-0.3, -0.25) is 4.40 Å². The number of benzene rings is 1. The van der Waals surface area contributed by atoms with Crippen LogP contribution in [-0.2, 0) is 0 Å². The fourth-order valence-electron chi connectivity index (χ4n) is 2.14. The molecule has 5 heteroatoms. The molecule has 0 saturated carbocycles. The van der Waals surface area contributed by atoms with Crippen LogP contribution in [0.4, 0.5) is 5.82 Å². The Bertz CT molecular complexity index is 747. The molecule has 20 heavy (non-hydrogen) atoms. The van der Waals surface area contributed by atoms with Gasteiger partial charge in [-0.15, -0.1) is 4.91 Å². The van der Waals surface area contributed by atoms with E-state index in [0.717, 1.165) is 11.3 Å². The molecule has 2 heterocycles. The van der Waals surface area contributed by atoms with Crippen LogP contribution >= 0.6 is 0 Å². The number of imidazole rings is 1. The number of hydrogen-bond acceptors (Lipinski definition) is 4. The number of nitrogens with zero attached hydrogens (tertiary/aromatic N) is 3. The first-order valence-electron chi connectivity index (χ1n) is 6.37. The largest absolute Gasteiger partial charge is 0.494 e. The monoisotopic (exact) mass is 267 g/mol. The summed E-state index contributed by atoms with van der Waals surface area (Å²) in [6.45, 7) is 2.55. The molecule has 0 aliphatic heterocycles. The Labute approximate surface area is 115 Å². The molecule has 0 amide bonds. The van der Waals surface area contributed by atoms with Gasteiger partial charge in [0.25, 0.3) is 0 Å². The second kappa shape index (κ2) is 5.13. The number of ether oxygens (including phenoxy) is 1. The van der Waals surface area contributed by atoms with Crippen LogP contribution in [-0.4, -0.2) is 16.0 Å². The average Bonchev–Trinajstić information content (AvgIpc) is 2.87. The summed E-state index contributed by atoms with van der Waals surface area (Å²) in [6.07, 6.45) is 1.77. The maximum absolute atomic E-state index is 11.1. The summed E-state index contributed by atoms with van der Waals surface area (Å²) >= 11 is 0. The highest BCUT2D eigenvalue weighted by Gasteiger charge is 2.14. The smallest absolute Gasteiger partial charge is 0.209 e. The predicted molar refractivity (Wildman–Crippen MR) is 77.3 cm³/mol. The van der Waals surface area contributed by atoms with E-state index in [1.165, 1.54) is 0 Å². The summed E-state index contributed by atoms with van der Waals surface area (Å²) in [7, 11) is 0. The Morgan fingerprint density at radius 1 is 1.20 bits per heavy atom. The molecule has 0 saturated heterocycles. The normalized spacial score (nSPS) is 10.7. The molecule has 0 N–H and O–H groups in total. The fraction of sp³-hybridized carbons (Fsp3) is 0.133. The van der Waals surface area contributed by atoms with Gasteiger partial charge in [-0.25, -0.2) is 4.98 Å². The number of fused-ring (bicyclic) bond motifs is 1. The summed E-state index contributed by atoms with van der Waals surface area (Å²) < 4.78 is 7.08. The summed E-state index contributed by atoms with van der Waals surface area (Å²) in [5.41, 5.74) is 2.12. The molecular formula is C15H13N3O2. The zero-order valence-corrected chi connectivity index (χ0v) is 11.0. The molecule has 0 radical (unpaired) electrons. The quantitative estimate of drug-likeness (QED) is 0.675. The lowest BCUT2D eigenvalue weighted by Crippen LogP contribution is -1.90. The molecule has 0 unspecified atom stereocenters. The lowest BCUT2D eigenvalue weighted by Gasteiger charge is -2.03. The molecule has 0 spiro atoms. The van der Waals surface area contributed by atoms with E-state index in [4.69, 9.17) is 4.74 Å². The van der Waals surface area contributed by atoms with E-state index < -0.39 is 0 Å². The zero-order chi connectivity index (χ0) is 13.9. The maximum Gasteiger partial charge on any atom is 0.209 e. The van der Waals surface area contributed by atoms with E-state index in [1.54, 1.807) is 10.6 Å². The van der Waals surface area contributed by atoms with Gasteiger partial charge < -0.3 is 4.74 Å². The van der Waals surface area contributed by atoms with Crippen molar-refractivity contribution in [2.24, 2.45) is 5.18 Å². The minimum Gasteiger partial charge on any atom is -0.494 e. The fourth-order valence-corrected chi connectivity index (χ4v) is 2.14. The van der Waals surface area contributed by atoms with E-state index in [1.807, 2.05) is 49.4 Å². The minimum absolute atomic E-state index is 0.310. The van der Waals surface area contributed by atoms with Gasteiger partial charge in [0.05, 0.1) is 6.61 Å². The van der Waals surface area contributed by atoms with Crippen LogP contribution in [0.2, 0.25) is 0 Å². The lowest BCUT2D eigenvalue weighted by molar-refractivity contribution is 0.340. The van der Waals surface area contributed by atoms with Gasteiger partial charge >= 0.3 is 0 Å². The molecule has 3 aromatic rings. The van der Waals surface area contributed by atoms with Crippen LogP contribution in [0, 0.1) is 4.91 Å². The number of rotatable bonds is 4. The molecular weight excluding hydrogens is 254 g/mol. The number of nitroso groups, excluding NO2 is 1. The first kappa shape index (κ1) is 12.3. The average molecular weight is 267 g/mol. The maximum atomic E-state index is 11.1. The number of hydrogen-bond donors (Lipinski definition) is 0. The van der Waals surface area contributed by atoms with Gasteiger partial charge in [0.15, 0.2) is 0 Å². The number of aromatic nitrogens is 2. The molecule has 3 rings (SSSR count). The van der Waals surface area contributed by atoms with Gasteiger partial charge in [-0.05, 0) is 48.5 Å². The van der Waals surface area contributed by atoms with E-state index in [2.05, 4.69) is 10.2 Å². The van der Waals surface area contributed by atoms with Crippen LogP contribution in [0.1, 0.15) is 6.92 Å². The van der Waals surface area contributed by atoms with E-state index >= 15 is 0 Å². The minimum atomic E-state index is 0.310. The first-order chi connectivity index (χ1) is 9.83. The molecule has 0 aliphatic rings. The highest BCUT2D eigenvalue weighted by molar-refractivity contribution is 5.74.